The van der Waals surface area contributed by atoms with Crippen molar-refractivity contribution in [2.75, 3.05) is 5.32 Å². The highest BCUT2D eigenvalue weighted by Crippen LogP contribution is 2.19. The van der Waals surface area contributed by atoms with E-state index in [0.717, 1.165) is 32.8 Å². The van der Waals surface area contributed by atoms with Gasteiger partial charge in [-0.2, -0.15) is 0 Å². The number of aryl methyl sites for hydroxylation is 2. The fourth-order valence-electron chi connectivity index (χ4n) is 2.49. The normalized spacial score (nSPS) is 10.6. The number of anilines is 1. The fraction of sp³-hybridized carbons (Fsp3) is 0.158. The second-order valence-electron chi connectivity index (χ2n) is 5.71. The van der Waals surface area contributed by atoms with Crippen LogP contribution in [-0.2, 0) is 6.54 Å². The number of hydrogen-bond acceptors (Lipinski definition) is 2. The van der Waals surface area contributed by atoms with Gasteiger partial charge in [0.25, 0.3) is 5.91 Å². The molecule has 5 heteroatoms. The van der Waals surface area contributed by atoms with Gasteiger partial charge in [0.05, 0.1) is 0 Å². The smallest absolute Gasteiger partial charge is 0.255 e. The Hall–Kier alpha value is -2.15. The van der Waals surface area contributed by atoms with E-state index in [0.29, 0.717) is 5.56 Å². The number of imidazole rings is 1. The molecule has 1 heterocycles. The van der Waals surface area contributed by atoms with Crippen LogP contribution in [0.1, 0.15) is 27.3 Å². The van der Waals surface area contributed by atoms with Crippen molar-refractivity contribution in [3.05, 3.63) is 80.9 Å². The van der Waals surface area contributed by atoms with Gasteiger partial charge in [0, 0.05) is 33.8 Å². The van der Waals surface area contributed by atoms with Crippen molar-refractivity contribution in [3.8, 4) is 0 Å². The van der Waals surface area contributed by atoms with Crippen LogP contribution in [0.25, 0.3) is 0 Å². The van der Waals surface area contributed by atoms with E-state index >= 15 is 0 Å². The van der Waals surface area contributed by atoms with Crippen molar-refractivity contribution in [1.82, 2.24) is 9.55 Å². The van der Waals surface area contributed by atoms with E-state index in [2.05, 4.69) is 37.5 Å². The summed E-state index contributed by atoms with van der Waals surface area (Å²) >= 11 is 2.26. The van der Waals surface area contributed by atoms with Crippen LogP contribution in [0.15, 0.2) is 54.9 Å². The number of nitrogens with one attached hydrogen (secondary N) is 1. The van der Waals surface area contributed by atoms with Crippen LogP contribution in [-0.4, -0.2) is 15.5 Å². The number of rotatable bonds is 4. The maximum absolute atomic E-state index is 12.4. The summed E-state index contributed by atoms with van der Waals surface area (Å²) in [5, 5.41) is 2.97. The number of halogens is 1. The Morgan fingerprint density at radius 2 is 1.92 bits per heavy atom. The van der Waals surface area contributed by atoms with Gasteiger partial charge in [0.1, 0.15) is 5.82 Å². The predicted octanol–water partition coefficient (Wildman–Crippen LogP) is 4.41. The SMILES string of the molecule is Cc1cc(I)ccc1NC(=O)c1ccc(Cn2ccnc2C)cc1. The molecule has 0 unspecified atom stereocenters. The molecule has 3 rings (SSSR count). The molecule has 0 fully saturated rings. The molecule has 1 amide bonds. The maximum atomic E-state index is 12.4. The van der Waals surface area contributed by atoms with Crippen LogP contribution < -0.4 is 5.32 Å². The number of carbonyl (C=O) groups is 1. The lowest BCUT2D eigenvalue weighted by atomic mass is 10.1. The van der Waals surface area contributed by atoms with Crippen molar-refractivity contribution >= 4 is 34.2 Å². The molecule has 0 radical (unpaired) electrons. The van der Waals surface area contributed by atoms with Crippen LogP contribution in [0.2, 0.25) is 0 Å². The first kappa shape index (κ1) is 16.7. The Bertz CT molecular complexity index is 869. The van der Waals surface area contributed by atoms with E-state index < -0.39 is 0 Å². The lowest BCUT2D eigenvalue weighted by molar-refractivity contribution is 0.102. The molecule has 122 valence electrons. The number of benzene rings is 2. The third-order valence-electron chi connectivity index (χ3n) is 3.93. The van der Waals surface area contributed by atoms with Gasteiger partial charge in [-0.3, -0.25) is 4.79 Å². The van der Waals surface area contributed by atoms with E-state index in [1.807, 2.05) is 62.5 Å². The topological polar surface area (TPSA) is 46.9 Å². The fourth-order valence-corrected chi connectivity index (χ4v) is 3.14. The number of nitrogens with zero attached hydrogens (tertiary/aromatic N) is 2. The van der Waals surface area contributed by atoms with E-state index in [1.165, 1.54) is 0 Å². The summed E-state index contributed by atoms with van der Waals surface area (Å²) in [6, 6.07) is 13.7. The van der Waals surface area contributed by atoms with Crippen molar-refractivity contribution < 1.29 is 4.79 Å². The van der Waals surface area contributed by atoms with Gasteiger partial charge in [0.2, 0.25) is 0 Å². The minimum absolute atomic E-state index is 0.0929. The number of aromatic nitrogens is 2. The molecular formula is C19H18IN3O. The summed E-state index contributed by atoms with van der Waals surface area (Å²) in [4.78, 5) is 16.6. The molecule has 24 heavy (non-hydrogen) atoms. The predicted molar refractivity (Wildman–Crippen MR) is 104 cm³/mol. The summed E-state index contributed by atoms with van der Waals surface area (Å²) in [5.41, 5.74) is 3.69. The number of amides is 1. The van der Waals surface area contributed by atoms with E-state index in [1.54, 1.807) is 6.20 Å². The number of hydrogen-bond donors (Lipinski definition) is 1. The van der Waals surface area contributed by atoms with Crippen LogP contribution in [0, 0.1) is 17.4 Å². The van der Waals surface area contributed by atoms with Crippen LogP contribution in [0.4, 0.5) is 5.69 Å². The van der Waals surface area contributed by atoms with Crippen molar-refractivity contribution in [2.24, 2.45) is 0 Å². The first-order chi connectivity index (χ1) is 11.5. The van der Waals surface area contributed by atoms with Crippen LogP contribution in [0.5, 0.6) is 0 Å². The van der Waals surface area contributed by atoms with Gasteiger partial charge in [-0.1, -0.05) is 12.1 Å². The van der Waals surface area contributed by atoms with Gasteiger partial charge in [0.15, 0.2) is 0 Å². The molecule has 0 saturated carbocycles. The Balaban J connectivity index is 1.70. The standard InChI is InChI=1S/C19H18IN3O/c1-13-11-17(20)7-8-18(13)22-19(24)16-5-3-15(4-6-16)12-23-10-9-21-14(23)2/h3-11H,12H2,1-2H3,(H,22,24). The van der Waals surface area contributed by atoms with E-state index in [4.69, 9.17) is 0 Å². The molecule has 3 aromatic rings. The third-order valence-corrected chi connectivity index (χ3v) is 4.60. The zero-order chi connectivity index (χ0) is 17.1. The third kappa shape index (κ3) is 3.84. The molecule has 0 aliphatic rings. The van der Waals surface area contributed by atoms with Gasteiger partial charge < -0.3 is 9.88 Å². The molecule has 0 aliphatic heterocycles. The van der Waals surface area contributed by atoms with Gasteiger partial charge in [-0.15, -0.1) is 0 Å². The Morgan fingerprint density at radius 3 is 2.54 bits per heavy atom. The van der Waals surface area contributed by atoms with E-state index in [9.17, 15) is 4.79 Å². The molecular weight excluding hydrogens is 413 g/mol. The second kappa shape index (κ2) is 7.17. The van der Waals surface area contributed by atoms with Gasteiger partial charge >= 0.3 is 0 Å². The molecule has 0 aliphatic carbocycles. The molecule has 0 bridgehead atoms. The average Bonchev–Trinajstić information content (AvgIpc) is 2.96. The lowest BCUT2D eigenvalue weighted by Crippen LogP contribution is -2.13. The summed E-state index contributed by atoms with van der Waals surface area (Å²) < 4.78 is 3.23. The Labute approximate surface area is 155 Å². The summed E-state index contributed by atoms with van der Waals surface area (Å²) in [5.74, 6) is 0.885. The second-order valence-corrected chi connectivity index (χ2v) is 6.96. The summed E-state index contributed by atoms with van der Waals surface area (Å²) in [6.45, 7) is 4.73. The molecule has 0 saturated heterocycles. The first-order valence-corrected chi connectivity index (χ1v) is 8.75. The zero-order valence-corrected chi connectivity index (χ0v) is 15.7. The molecule has 4 nitrogen and oxygen atoms in total. The highest BCUT2D eigenvalue weighted by atomic mass is 127. The lowest BCUT2D eigenvalue weighted by Gasteiger charge is -2.10. The van der Waals surface area contributed by atoms with Crippen molar-refractivity contribution in [1.29, 1.82) is 0 Å². The average molecular weight is 431 g/mol. The zero-order valence-electron chi connectivity index (χ0n) is 13.6. The maximum Gasteiger partial charge on any atom is 0.255 e. The minimum atomic E-state index is -0.0929. The van der Waals surface area contributed by atoms with Gasteiger partial charge in [-0.05, 0) is 77.9 Å². The van der Waals surface area contributed by atoms with Crippen molar-refractivity contribution in [3.63, 3.8) is 0 Å². The Morgan fingerprint density at radius 1 is 1.17 bits per heavy atom. The summed E-state index contributed by atoms with van der Waals surface area (Å²) in [7, 11) is 0. The molecule has 1 aromatic heterocycles. The van der Waals surface area contributed by atoms with Crippen LogP contribution in [0.3, 0.4) is 0 Å². The molecule has 0 atom stereocenters. The monoisotopic (exact) mass is 431 g/mol. The summed E-state index contributed by atoms with van der Waals surface area (Å²) in [6.07, 6.45) is 3.75. The Kier molecular flexibility index (Phi) is 4.99. The molecule has 1 N–H and O–H groups in total. The first-order valence-electron chi connectivity index (χ1n) is 7.67. The minimum Gasteiger partial charge on any atom is -0.331 e. The quantitative estimate of drug-likeness (QED) is 0.623. The highest BCUT2D eigenvalue weighted by Gasteiger charge is 2.08. The van der Waals surface area contributed by atoms with Gasteiger partial charge in [-0.25, -0.2) is 4.98 Å². The molecule has 0 spiro atoms. The van der Waals surface area contributed by atoms with Crippen LogP contribution >= 0.6 is 22.6 Å². The largest absolute Gasteiger partial charge is 0.331 e. The molecule has 2 aromatic carbocycles. The van der Waals surface area contributed by atoms with Crippen molar-refractivity contribution in [2.45, 2.75) is 20.4 Å². The van der Waals surface area contributed by atoms with E-state index in [-0.39, 0.29) is 5.91 Å². The highest BCUT2D eigenvalue weighted by molar-refractivity contribution is 14.1. The number of carbonyl (C=O) groups excluding carboxylic acids is 1.